The van der Waals surface area contributed by atoms with E-state index in [1.165, 1.54) is 0 Å². The molecule has 2 rings (SSSR count). The molecule has 1 aromatic carbocycles. The van der Waals surface area contributed by atoms with Crippen LogP contribution in [-0.2, 0) is 14.3 Å². The van der Waals surface area contributed by atoms with E-state index in [2.05, 4.69) is 0 Å². The van der Waals surface area contributed by atoms with Crippen LogP contribution < -0.4 is 0 Å². The molecule has 7 heteroatoms. The van der Waals surface area contributed by atoms with Gasteiger partial charge in [-0.05, 0) is 26.3 Å². The Morgan fingerprint density at radius 2 is 1.76 bits per heavy atom. The van der Waals surface area contributed by atoms with Crippen molar-refractivity contribution in [2.24, 2.45) is 5.92 Å². The van der Waals surface area contributed by atoms with Gasteiger partial charge in [0, 0.05) is 18.4 Å². The number of rotatable bonds is 4. The molecule has 1 fully saturated rings. The molecule has 136 valence electrons. The number of nitrogens with zero attached hydrogens (tertiary/aromatic N) is 1. The summed E-state index contributed by atoms with van der Waals surface area (Å²) in [6.07, 6.45) is -1.08. The zero-order valence-electron chi connectivity index (χ0n) is 14.5. The second-order valence-electron chi connectivity index (χ2n) is 7.19. The van der Waals surface area contributed by atoms with Gasteiger partial charge < -0.3 is 14.9 Å². The average Bonchev–Trinajstić information content (AvgIpc) is 2.85. The Bertz CT molecular complexity index is 651. The first-order chi connectivity index (χ1) is 11.6. The number of amides is 1. The van der Waals surface area contributed by atoms with Crippen LogP contribution in [0.3, 0.4) is 0 Å². The number of hydrogen-bond donors (Lipinski definition) is 2. The highest BCUT2D eigenvalue weighted by Gasteiger charge is 2.50. The van der Waals surface area contributed by atoms with Crippen molar-refractivity contribution in [1.82, 2.24) is 4.90 Å². The zero-order chi connectivity index (χ0) is 18.8. The highest BCUT2D eigenvalue weighted by Crippen LogP contribution is 2.40. The SMILES string of the molecule is CC(C)(C)OC(=O)N1C[C@H](c2ccccc2)[C@H](CC(=O)O)[C@H]1C(=O)O. The van der Waals surface area contributed by atoms with E-state index in [1.807, 2.05) is 18.2 Å². The Balaban J connectivity index is 2.39. The topological polar surface area (TPSA) is 104 Å². The van der Waals surface area contributed by atoms with E-state index in [-0.39, 0.29) is 18.9 Å². The summed E-state index contributed by atoms with van der Waals surface area (Å²) < 4.78 is 5.32. The van der Waals surface area contributed by atoms with Crippen molar-refractivity contribution >= 4 is 18.0 Å². The first-order valence-electron chi connectivity index (χ1n) is 8.09. The largest absolute Gasteiger partial charge is 0.481 e. The standard InChI is InChI=1S/C18H23NO6/c1-18(2,3)25-17(24)19-10-13(11-7-5-4-6-8-11)12(9-14(20)21)15(19)16(22)23/h4-8,12-13,15H,9-10H2,1-3H3,(H,20,21)(H,22,23)/t12-,13+,15-/m0/s1. The lowest BCUT2D eigenvalue weighted by Gasteiger charge is -2.28. The Morgan fingerprint density at radius 3 is 2.24 bits per heavy atom. The fourth-order valence-electron chi connectivity index (χ4n) is 3.25. The summed E-state index contributed by atoms with van der Waals surface area (Å²) in [5.74, 6) is -3.44. The van der Waals surface area contributed by atoms with E-state index in [9.17, 15) is 24.6 Å². The van der Waals surface area contributed by atoms with Crippen LogP contribution in [0.25, 0.3) is 0 Å². The third-order valence-electron chi connectivity index (χ3n) is 4.17. The molecule has 0 saturated carbocycles. The number of carboxylic acids is 2. The maximum atomic E-state index is 12.5. The van der Waals surface area contributed by atoms with Crippen molar-refractivity contribution in [1.29, 1.82) is 0 Å². The molecule has 0 aromatic heterocycles. The second kappa shape index (κ2) is 7.13. The molecule has 25 heavy (non-hydrogen) atoms. The Kier molecular flexibility index (Phi) is 5.35. The molecule has 1 aliphatic rings. The summed E-state index contributed by atoms with van der Waals surface area (Å²) in [7, 11) is 0. The van der Waals surface area contributed by atoms with E-state index in [0.29, 0.717) is 0 Å². The number of aliphatic carboxylic acids is 2. The Morgan fingerprint density at radius 1 is 1.16 bits per heavy atom. The van der Waals surface area contributed by atoms with Crippen molar-refractivity contribution in [3.8, 4) is 0 Å². The minimum atomic E-state index is -1.24. The van der Waals surface area contributed by atoms with E-state index < -0.39 is 35.6 Å². The molecule has 0 radical (unpaired) electrons. The number of carboxylic acid groups (broad SMARTS) is 2. The monoisotopic (exact) mass is 349 g/mol. The van der Waals surface area contributed by atoms with Crippen molar-refractivity contribution < 1.29 is 29.3 Å². The first kappa shape index (κ1) is 18.8. The number of ether oxygens (including phenoxy) is 1. The average molecular weight is 349 g/mol. The normalized spacial score (nSPS) is 23.3. The van der Waals surface area contributed by atoms with Gasteiger partial charge >= 0.3 is 18.0 Å². The second-order valence-corrected chi connectivity index (χ2v) is 7.19. The third-order valence-corrected chi connectivity index (χ3v) is 4.17. The Hall–Kier alpha value is -2.57. The lowest BCUT2D eigenvalue weighted by Crippen LogP contribution is -2.45. The maximum Gasteiger partial charge on any atom is 0.411 e. The van der Waals surface area contributed by atoms with Gasteiger partial charge in [0.05, 0.1) is 6.42 Å². The van der Waals surface area contributed by atoms with Crippen LogP contribution in [0, 0.1) is 5.92 Å². The van der Waals surface area contributed by atoms with Crippen LogP contribution in [0.1, 0.15) is 38.7 Å². The van der Waals surface area contributed by atoms with Gasteiger partial charge in [-0.25, -0.2) is 9.59 Å². The first-order valence-corrected chi connectivity index (χ1v) is 8.09. The lowest BCUT2D eigenvalue weighted by molar-refractivity contribution is -0.145. The minimum absolute atomic E-state index is 0.105. The van der Waals surface area contributed by atoms with Gasteiger partial charge in [-0.3, -0.25) is 9.69 Å². The van der Waals surface area contributed by atoms with Gasteiger partial charge in [-0.15, -0.1) is 0 Å². The number of carbonyl (C=O) groups excluding carboxylic acids is 1. The van der Waals surface area contributed by atoms with E-state index in [0.717, 1.165) is 10.5 Å². The molecule has 1 saturated heterocycles. The van der Waals surface area contributed by atoms with Gasteiger partial charge in [0.15, 0.2) is 0 Å². The molecule has 0 unspecified atom stereocenters. The number of carbonyl (C=O) groups is 3. The minimum Gasteiger partial charge on any atom is -0.481 e. The number of likely N-dealkylation sites (tertiary alicyclic amines) is 1. The predicted molar refractivity (Wildman–Crippen MR) is 89.3 cm³/mol. The third kappa shape index (κ3) is 4.49. The van der Waals surface area contributed by atoms with Crippen LogP contribution in [0.4, 0.5) is 4.79 Å². The van der Waals surface area contributed by atoms with Crippen molar-refractivity contribution in [3.63, 3.8) is 0 Å². The molecule has 1 aliphatic heterocycles. The summed E-state index contributed by atoms with van der Waals surface area (Å²) in [5, 5.41) is 18.9. The molecule has 1 amide bonds. The van der Waals surface area contributed by atoms with Crippen LogP contribution in [-0.4, -0.2) is 51.3 Å². The van der Waals surface area contributed by atoms with Gasteiger partial charge in [0.1, 0.15) is 11.6 Å². The van der Waals surface area contributed by atoms with Crippen molar-refractivity contribution in [3.05, 3.63) is 35.9 Å². The number of hydrogen-bond acceptors (Lipinski definition) is 4. The van der Waals surface area contributed by atoms with E-state index in [1.54, 1.807) is 32.9 Å². The molecule has 1 aromatic rings. The highest BCUT2D eigenvalue weighted by molar-refractivity contribution is 5.83. The molecule has 0 bridgehead atoms. The molecular weight excluding hydrogens is 326 g/mol. The fourth-order valence-corrected chi connectivity index (χ4v) is 3.25. The van der Waals surface area contributed by atoms with Gasteiger partial charge in [0.25, 0.3) is 0 Å². The summed E-state index contributed by atoms with van der Waals surface area (Å²) in [6.45, 7) is 5.19. The van der Waals surface area contributed by atoms with Gasteiger partial charge in [-0.2, -0.15) is 0 Å². The lowest BCUT2D eigenvalue weighted by atomic mass is 9.83. The molecular formula is C18H23NO6. The molecule has 7 nitrogen and oxygen atoms in total. The predicted octanol–water partition coefficient (Wildman–Crippen LogP) is 2.57. The highest BCUT2D eigenvalue weighted by atomic mass is 16.6. The van der Waals surface area contributed by atoms with Gasteiger partial charge in [0.2, 0.25) is 0 Å². The van der Waals surface area contributed by atoms with Crippen molar-refractivity contribution in [2.75, 3.05) is 6.54 Å². The van der Waals surface area contributed by atoms with Crippen LogP contribution in [0.2, 0.25) is 0 Å². The summed E-state index contributed by atoms with van der Waals surface area (Å²) in [6, 6.07) is 7.83. The van der Waals surface area contributed by atoms with E-state index >= 15 is 0 Å². The smallest absolute Gasteiger partial charge is 0.411 e. The molecule has 2 N–H and O–H groups in total. The fraction of sp³-hybridized carbons (Fsp3) is 0.500. The summed E-state index contributed by atoms with van der Waals surface area (Å²) in [5.41, 5.74) is 0.0406. The molecule has 0 aliphatic carbocycles. The molecule has 0 spiro atoms. The van der Waals surface area contributed by atoms with Crippen LogP contribution in [0.15, 0.2) is 30.3 Å². The van der Waals surface area contributed by atoms with Gasteiger partial charge in [-0.1, -0.05) is 30.3 Å². The van der Waals surface area contributed by atoms with E-state index in [4.69, 9.17) is 4.74 Å². The summed E-state index contributed by atoms with van der Waals surface area (Å²) in [4.78, 5) is 36.7. The maximum absolute atomic E-state index is 12.5. The Labute approximate surface area is 146 Å². The number of benzene rings is 1. The van der Waals surface area contributed by atoms with Crippen LogP contribution in [0.5, 0.6) is 0 Å². The molecule has 3 atom stereocenters. The van der Waals surface area contributed by atoms with Crippen molar-refractivity contribution in [2.45, 2.75) is 44.8 Å². The summed E-state index contributed by atoms with van der Waals surface area (Å²) >= 11 is 0. The zero-order valence-corrected chi connectivity index (χ0v) is 14.5. The van der Waals surface area contributed by atoms with Crippen LogP contribution >= 0.6 is 0 Å². The molecule has 1 heterocycles. The quantitative estimate of drug-likeness (QED) is 0.866.